The van der Waals surface area contributed by atoms with Crippen LogP contribution < -0.4 is 19.8 Å². The first kappa shape index (κ1) is 22.0. The molecule has 0 radical (unpaired) electrons. The van der Waals surface area contributed by atoms with Gasteiger partial charge < -0.3 is 19.8 Å². The average Bonchev–Trinajstić information content (AvgIpc) is 3.11. The SMILES string of the molecule is COc1cc(-c2no[n+]([O-])c2C)c([N+](=O)[O-])cc1OCC(=O)N/N=C/c1ccccc1O. The van der Waals surface area contributed by atoms with Crippen LogP contribution in [0.4, 0.5) is 5.69 Å². The third-order valence-electron chi connectivity index (χ3n) is 4.25. The predicted octanol–water partition coefficient (Wildman–Crippen LogP) is 1.43. The van der Waals surface area contributed by atoms with Crippen LogP contribution in [-0.2, 0) is 4.79 Å². The van der Waals surface area contributed by atoms with Gasteiger partial charge in [0.15, 0.2) is 18.1 Å². The van der Waals surface area contributed by atoms with E-state index < -0.39 is 23.1 Å². The number of aromatic hydroxyl groups is 1. The third kappa shape index (κ3) is 4.72. The number of nitrogens with one attached hydrogen (secondary N) is 1. The number of nitro groups is 1. The zero-order chi connectivity index (χ0) is 23.3. The highest BCUT2D eigenvalue weighted by atomic mass is 16.8. The first-order valence-electron chi connectivity index (χ1n) is 8.97. The Morgan fingerprint density at radius 2 is 2.12 bits per heavy atom. The van der Waals surface area contributed by atoms with Crippen LogP contribution in [0.5, 0.6) is 17.2 Å². The molecule has 0 aliphatic carbocycles. The van der Waals surface area contributed by atoms with E-state index in [1.807, 2.05) is 0 Å². The number of carbonyl (C=O) groups is 1. The maximum Gasteiger partial charge on any atom is 0.285 e. The quantitative estimate of drug-likeness (QED) is 0.226. The molecular formula is C19H17N5O8. The molecule has 32 heavy (non-hydrogen) atoms. The second-order valence-electron chi connectivity index (χ2n) is 6.28. The zero-order valence-corrected chi connectivity index (χ0v) is 16.8. The van der Waals surface area contributed by atoms with Crippen LogP contribution in [0.2, 0.25) is 0 Å². The lowest BCUT2D eigenvalue weighted by Crippen LogP contribution is -2.25. The zero-order valence-electron chi connectivity index (χ0n) is 16.8. The van der Waals surface area contributed by atoms with E-state index in [2.05, 4.69) is 20.3 Å². The van der Waals surface area contributed by atoms with Crippen molar-refractivity contribution in [3.05, 3.63) is 63.0 Å². The molecule has 0 atom stereocenters. The molecule has 2 aromatic carbocycles. The first-order valence-corrected chi connectivity index (χ1v) is 8.97. The summed E-state index contributed by atoms with van der Waals surface area (Å²) in [6, 6.07) is 8.69. The summed E-state index contributed by atoms with van der Waals surface area (Å²) in [4.78, 5) is 23.0. The number of ether oxygens (including phenoxy) is 2. The standard InChI is InChI=1S/C19H17N5O8/c1-11-19(22-32-24(11)29)13-7-16(30-2)17(8-14(13)23(27)28)31-10-18(26)21-20-9-12-5-3-4-6-15(12)25/h3-9,25H,10H2,1-2H3,(H,21,26)/b20-9+. The normalized spacial score (nSPS) is 10.8. The Labute approximate surface area is 180 Å². The fourth-order valence-corrected chi connectivity index (χ4v) is 2.64. The van der Waals surface area contributed by atoms with Gasteiger partial charge in [0, 0.05) is 23.7 Å². The number of phenols is 1. The van der Waals surface area contributed by atoms with Gasteiger partial charge in [0.1, 0.15) is 11.3 Å². The summed E-state index contributed by atoms with van der Waals surface area (Å²) in [6.07, 6.45) is 1.25. The molecular weight excluding hydrogens is 426 g/mol. The average molecular weight is 443 g/mol. The van der Waals surface area contributed by atoms with E-state index in [1.54, 1.807) is 18.2 Å². The van der Waals surface area contributed by atoms with E-state index in [0.29, 0.717) is 5.56 Å². The molecule has 13 nitrogen and oxygen atoms in total. The van der Waals surface area contributed by atoms with E-state index in [1.165, 1.54) is 32.4 Å². The molecule has 13 heteroatoms. The molecule has 1 aromatic heterocycles. The molecule has 3 rings (SSSR count). The summed E-state index contributed by atoms with van der Waals surface area (Å²) in [5.74, 6) is -0.691. The summed E-state index contributed by atoms with van der Waals surface area (Å²) in [6.45, 7) is 0.855. The minimum atomic E-state index is -0.693. The lowest BCUT2D eigenvalue weighted by Gasteiger charge is -2.11. The minimum absolute atomic E-state index is 0.0104. The Morgan fingerprint density at radius 3 is 2.75 bits per heavy atom. The predicted molar refractivity (Wildman–Crippen MR) is 108 cm³/mol. The van der Waals surface area contributed by atoms with Crippen molar-refractivity contribution in [2.75, 3.05) is 13.7 Å². The molecule has 0 aliphatic rings. The topological polar surface area (TPSA) is 176 Å². The van der Waals surface area contributed by atoms with Crippen LogP contribution in [0.25, 0.3) is 11.3 Å². The second kappa shape index (κ2) is 9.42. The molecule has 166 valence electrons. The number of phenolic OH excluding ortho intramolecular Hbond substituents is 1. The molecule has 1 amide bonds. The smallest absolute Gasteiger partial charge is 0.285 e. The van der Waals surface area contributed by atoms with Gasteiger partial charge >= 0.3 is 0 Å². The van der Waals surface area contributed by atoms with Crippen LogP contribution in [0.3, 0.4) is 0 Å². The molecule has 0 fully saturated rings. The van der Waals surface area contributed by atoms with Crippen molar-refractivity contribution in [1.29, 1.82) is 0 Å². The van der Waals surface area contributed by atoms with Crippen molar-refractivity contribution in [2.45, 2.75) is 6.92 Å². The van der Waals surface area contributed by atoms with Crippen molar-refractivity contribution < 1.29 is 33.8 Å². The fourth-order valence-electron chi connectivity index (χ4n) is 2.64. The van der Waals surface area contributed by atoms with E-state index in [0.717, 1.165) is 6.07 Å². The number of aromatic nitrogens is 2. The van der Waals surface area contributed by atoms with Gasteiger partial charge in [0.2, 0.25) is 5.69 Å². The number of benzene rings is 2. The van der Waals surface area contributed by atoms with Crippen LogP contribution in [0.15, 0.2) is 46.1 Å². The van der Waals surface area contributed by atoms with Gasteiger partial charge in [0.25, 0.3) is 17.3 Å². The lowest BCUT2D eigenvalue weighted by molar-refractivity contribution is -0.806. The number of carbonyl (C=O) groups excluding carboxylic acids is 1. The van der Waals surface area contributed by atoms with Gasteiger partial charge in [-0.2, -0.15) is 5.10 Å². The van der Waals surface area contributed by atoms with E-state index >= 15 is 0 Å². The Balaban J connectivity index is 1.77. The van der Waals surface area contributed by atoms with E-state index in [-0.39, 0.29) is 39.1 Å². The number of rotatable bonds is 8. The van der Waals surface area contributed by atoms with Gasteiger partial charge in [-0.3, -0.25) is 19.5 Å². The van der Waals surface area contributed by atoms with Crippen molar-refractivity contribution in [2.24, 2.45) is 5.10 Å². The minimum Gasteiger partial charge on any atom is -0.507 e. The summed E-state index contributed by atoms with van der Waals surface area (Å²) < 4.78 is 15.0. The molecule has 0 saturated carbocycles. The number of nitro benzene ring substituents is 1. The largest absolute Gasteiger partial charge is 0.507 e. The van der Waals surface area contributed by atoms with Gasteiger partial charge in [-0.1, -0.05) is 12.1 Å². The molecule has 0 unspecified atom stereocenters. The molecule has 0 saturated heterocycles. The van der Waals surface area contributed by atoms with Crippen molar-refractivity contribution in [3.63, 3.8) is 0 Å². The number of amides is 1. The number of methoxy groups -OCH3 is 1. The molecule has 3 aromatic rings. The van der Waals surface area contributed by atoms with Crippen molar-refractivity contribution >= 4 is 17.8 Å². The van der Waals surface area contributed by atoms with Crippen molar-refractivity contribution in [1.82, 2.24) is 10.6 Å². The highest BCUT2D eigenvalue weighted by Crippen LogP contribution is 2.39. The third-order valence-corrected chi connectivity index (χ3v) is 4.25. The number of para-hydroxylation sites is 1. The summed E-state index contributed by atoms with van der Waals surface area (Å²) in [5, 5.41) is 40.0. The molecule has 0 aliphatic heterocycles. The maximum absolute atomic E-state index is 12.0. The molecule has 2 N–H and O–H groups in total. The Bertz CT molecular complexity index is 1190. The molecule has 0 spiro atoms. The van der Waals surface area contributed by atoms with Crippen LogP contribution in [-0.4, -0.2) is 41.0 Å². The maximum atomic E-state index is 12.0. The van der Waals surface area contributed by atoms with Crippen LogP contribution in [0, 0.1) is 22.2 Å². The second-order valence-corrected chi connectivity index (χ2v) is 6.28. The summed E-state index contributed by atoms with van der Waals surface area (Å²) >= 11 is 0. The monoisotopic (exact) mass is 443 g/mol. The number of hydrazone groups is 1. The molecule has 0 bridgehead atoms. The van der Waals surface area contributed by atoms with Crippen LogP contribution >= 0.6 is 0 Å². The number of hydrogen-bond acceptors (Lipinski definition) is 10. The van der Waals surface area contributed by atoms with Gasteiger partial charge in [-0.05, 0) is 17.0 Å². The number of nitrogens with zero attached hydrogens (tertiary/aromatic N) is 4. The Kier molecular flexibility index (Phi) is 6.48. The van der Waals surface area contributed by atoms with Gasteiger partial charge in [0.05, 0.1) is 24.3 Å². The Hall–Kier alpha value is -4.68. The summed E-state index contributed by atoms with van der Waals surface area (Å²) in [7, 11) is 1.30. The molecule has 1 heterocycles. The van der Waals surface area contributed by atoms with Gasteiger partial charge in [-0.25, -0.2) is 5.43 Å². The van der Waals surface area contributed by atoms with Crippen LogP contribution in [0.1, 0.15) is 11.3 Å². The lowest BCUT2D eigenvalue weighted by atomic mass is 10.1. The van der Waals surface area contributed by atoms with Crippen molar-refractivity contribution in [3.8, 4) is 28.5 Å². The van der Waals surface area contributed by atoms with E-state index in [9.17, 15) is 25.2 Å². The first-order chi connectivity index (χ1) is 15.3. The highest BCUT2D eigenvalue weighted by molar-refractivity contribution is 5.85. The highest BCUT2D eigenvalue weighted by Gasteiger charge is 2.29. The summed E-state index contributed by atoms with van der Waals surface area (Å²) in [5.41, 5.74) is 2.13. The Morgan fingerprint density at radius 1 is 1.38 bits per heavy atom. The number of hydrogen-bond donors (Lipinski definition) is 2. The fraction of sp³-hybridized carbons (Fsp3) is 0.158. The van der Waals surface area contributed by atoms with E-state index in [4.69, 9.17) is 9.47 Å². The van der Waals surface area contributed by atoms with Gasteiger partial charge in [-0.15, -0.1) is 0 Å².